The average molecular weight is 567 g/mol. The summed E-state index contributed by atoms with van der Waals surface area (Å²) in [5.41, 5.74) is 1.14. The molecule has 1 aliphatic carbocycles. The molecule has 3 aromatic carbocycles. The number of hydrogen-bond acceptors (Lipinski definition) is 4. The predicted molar refractivity (Wildman–Crippen MR) is 154 cm³/mol. The normalized spacial score (nSPS) is 16.8. The van der Waals surface area contributed by atoms with Gasteiger partial charge in [0.25, 0.3) is 0 Å². The predicted octanol–water partition coefficient (Wildman–Crippen LogP) is 9.18. The number of carbonyl (C=O) groups excluding carboxylic acids is 1. The summed E-state index contributed by atoms with van der Waals surface area (Å²) >= 11 is 0. The Labute approximate surface area is 240 Å². The smallest absolute Gasteiger partial charge is 0.343 e. The van der Waals surface area contributed by atoms with E-state index < -0.39 is 23.4 Å². The van der Waals surface area contributed by atoms with Crippen molar-refractivity contribution in [3.8, 4) is 22.6 Å². The van der Waals surface area contributed by atoms with Crippen molar-refractivity contribution >= 4 is 5.97 Å². The molecule has 3 aromatic rings. The highest BCUT2D eigenvalue weighted by Crippen LogP contribution is 2.38. The van der Waals surface area contributed by atoms with Crippen LogP contribution in [0, 0.1) is 17.5 Å². The summed E-state index contributed by atoms with van der Waals surface area (Å²) in [6.07, 6.45) is 8.76. The number of hydrogen-bond donors (Lipinski definition) is 0. The molecule has 0 N–H and O–H groups in total. The van der Waals surface area contributed by atoms with Gasteiger partial charge in [0.15, 0.2) is 23.2 Å². The quantitative estimate of drug-likeness (QED) is 0.0896. The first kappa shape index (κ1) is 30.4. The molecule has 4 rings (SSSR count). The third-order valence-electron chi connectivity index (χ3n) is 7.43. The fourth-order valence-corrected chi connectivity index (χ4v) is 5.06. The molecule has 0 unspecified atom stereocenters. The van der Waals surface area contributed by atoms with E-state index in [1.54, 1.807) is 18.2 Å². The van der Waals surface area contributed by atoms with E-state index in [1.165, 1.54) is 36.4 Å². The van der Waals surface area contributed by atoms with Crippen LogP contribution in [0.3, 0.4) is 0 Å². The second-order valence-corrected chi connectivity index (χ2v) is 10.4. The van der Waals surface area contributed by atoms with E-state index in [2.05, 4.69) is 13.5 Å². The van der Waals surface area contributed by atoms with Gasteiger partial charge in [-0.1, -0.05) is 43.7 Å². The van der Waals surface area contributed by atoms with Crippen molar-refractivity contribution in [1.29, 1.82) is 0 Å². The molecule has 0 radical (unpaired) electrons. The van der Waals surface area contributed by atoms with Gasteiger partial charge in [-0.05, 0) is 86.3 Å². The van der Waals surface area contributed by atoms with E-state index in [1.807, 2.05) is 0 Å². The van der Waals surface area contributed by atoms with Crippen LogP contribution in [-0.2, 0) is 4.74 Å². The number of halogens is 3. The lowest BCUT2D eigenvalue weighted by Gasteiger charge is -2.29. The number of unbranched alkanes of at least 4 members (excludes halogenated alkanes) is 2. The third kappa shape index (κ3) is 8.00. The maximum absolute atomic E-state index is 15.2. The first-order valence-electron chi connectivity index (χ1n) is 14.4. The molecule has 0 bridgehead atoms. The Kier molecular flexibility index (Phi) is 11.0. The molecule has 1 saturated carbocycles. The van der Waals surface area contributed by atoms with Gasteiger partial charge in [0.05, 0.1) is 18.3 Å². The van der Waals surface area contributed by atoms with Crippen molar-refractivity contribution in [3.63, 3.8) is 0 Å². The number of allylic oxidation sites excluding steroid dienone is 1. The molecule has 0 amide bonds. The molecule has 0 atom stereocenters. The van der Waals surface area contributed by atoms with Crippen LogP contribution < -0.4 is 9.47 Å². The molecule has 0 saturated heterocycles. The fraction of sp³-hybridized carbons (Fsp3) is 0.382. The lowest BCUT2D eigenvalue weighted by Crippen LogP contribution is -2.22. The van der Waals surface area contributed by atoms with E-state index in [0.717, 1.165) is 57.6 Å². The fourth-order valence-electron chi connectivity index (χ4n) is 5.06. The van der Waals surface area contributed by atoms with Gasteiger partial charge in [0.1, 0.15) is 5.75 Å². The summed E-state index contributed by atoms with van der Waals surface area (Å²) < 4.78 is 61.3. The van der Waals surface area contributed by atoms with Crippen LogP contribution in [0.2, 0.25) is 0 Å². The molecule has 1 fully saturated rings. The Hall–Kier alpha value is -3.58. The summed E-state index contributed by atoms with van der Waals surface area (Å²) in [5, 5.41) is 0. The van der Waals surface area contributed by atoms with Gasteiger partial charge in [0, 0.05) is 18.2 Å². The van der Waals surface area contributed by atoms with Gasteiger partial charge in [-0.25, -0.2) is 18.0 Å². The van der Waals surface area contributed by atoms with Crippen molar-refractivity contribution in [2.24, 2.45) is 0 Å². The summed E-state index contributed by atoms with van der Waals surface area (Å²) in [6, 6.07) is 13.2. The molecule has 0 heterocycles. The van der Waals surface area contributed by atoms with Gasteiger partial charge in [0.2, 0.25) is 0 Å². The molecule has 41 heavy (non-hydrogen) atoms. The molecular weight excluding hydrogens is 529 g/mol. The minimum absolute atomic E-state index is 0.0280. The van der Waals surface area contributed by atoms with E-state index in [-0.39, 0.29) is 34.6 Å². The van der Waals surface area contributed by atoms with Crippen LogP contribution in [0.5, 0.6) is 11.5 Å². The second-order valence-electron chi connectivity index (χ2n) is 10.4. The van der Waals surface area contributed by atoms with E-state index in [4.69, 9.17) is 14.2 Å². The lowest BCUT2D eigenvalue weighted by atomic mass is 9.82. The number of rotatable bonds is 13. The van der Waals surface area contributed by atoms with Crippen LogP contribution in [-0.4, -0.2) is 25.3 Å². The van der Waals surface area contributed by atoms with Crippen molar-refractivity contribution in [2.45, 2.75) is 70.3 Å². The SMILES string of the molecule is C=CCCCOc1ccc(OC(=O)c2ccc(-c3ccc(C4CCC(OCCCC)CC4)c(F)c3F)cc2)cc1F. The van der Waals surface area contributed by atoms with Crippen LogP contribution in [0.25, 0.3) is 11.1 Å². The monoisotopic (exact) mass is 566 g/mol. The first-order chi connectivity index (χ1) is 19.9. The maximum atomic E-state index is 15.2. The van der Waals surface area contributed by atoms with Crippen molar-refractivity contribution < 1.29 is 32.2 Å². The summed E-state index contributed by atoms with van der Waals surface area (Å²) in [5.74, 6) is -3.00. The zero-order chi connectivity index (χ0) is 29.2. The molecule has 0 aromatic heterocycles. The second kappa shape index (κ2) is 14.9. The van der Waals surface area contributed by atoms with Gasteiger partial charge >= 0.3 is 5.97 Å². The molecular formula is C34H37F3O4. The Morgan fingerprint density at radius 2 is 1.68 bits per heavy atom. The third-order valence-corrected chi connectivity index (χ3v) is 7.43. The number of esters is 1. The highest BCUT2D eigenvalue weighted by molar-refractivity contribution is 5.91. The van der Waals surface area contributed by atoms with Crippen molar-refractivity contribution in [3.05, 3.63) is 95.8 Å². The highest BCUT2D eigenvalue weighted by atomic mass is 19.2. The maximum Gasteiger partial charge on any atom is 0.343 e. The molecule has 4 nitrogen and oxygen atoms in total. The zero-order valence-corrected chi connectivity index (χ0v) is 23.5. The van der Waals surface area contributed by atoms with Crippen molar-refractivity contribution in [1.82, 2.24) is 0 Å². The molecule has 0 spiro atoms. The van der Waals surface area contributed by atoms with Gasteiger partial charge in [-0.15, -0.1) is 6.58 Å². The minimum atomic E-state index is -0.901. The average Bonchev–Trinajstić information content (AvgIpc) is 2.98. The Balaban J connectivity index is 1.37. The number of benzene rings is 3. The van der Waals surface area contributed by atoms with Gasteiger partial charge in [-0.3, -0.25) is 0 Å². The number of carbonyl (C=O) groups is 1. The molecule has 218 valence electrons. The first-order valence-corrected chi connectivity index (χ1v) is 14.4. The Morgan fingerprint density at radius 1 is 0.927 bits per heavy atom. The number of ether oxygens (including phenoxy) is 3. The summed E-state index contributed by atoms with van der Waals surface area (Å²) in [7, 11) is 0. The highest BCUT2D eigenvalue weighted by Gasteiger charge is 2.27. The van der Waals surface area contributed by atoms with Crippen LogP contribution >= 0.6 is 0 Å². The van der Waals surface area contributed by atoms with Crippen molar-refractivity contribution in [2.75, 3.05) is 13.2 Å². The Morgan fingerprint density at radius 3 is 2.37 bits per heavy atom. The van der Waals surface area contributed by atoms with E-state index in [0.29, 0.717) is 24.2 Å². The van der Waals surface area contributed by atoms with E-state index in [9.17, 15) is 9.18 Å². The van der Waals surface area contributed by atoms with Crippen LogP contribution in [0.1, 0.15) is 80.1 Å². The standard InChI is InChI=1S/C34H37F3O4/c1-3-5-7-21-40-31-19-16-27(22-30(31)35)41-34(38)25-10-8-23(9-11-25)28-17-18-29(33(37)32(28)36)24-12-14-26(15-13-24)39-20-6-4-2/h3,8-11,16-19,22,24,26H,1,4-7,12-15,20-21H2,2H3. The van der Waals surface area contributed by atoms with Gasteiger partial charge < -0.3 is 14.2 Å². The van der Waals surface area contributed by atoms with Crippen LogP contribution in [0.4, 0.5) is 13.2 Å². The van der Waals surface area contributed by atoms with E-state index >= 15 is 8.78 Å². The summed E-state index contributed by atoms with van der Waals surface area (Å²) in [6.45, 7) is 6.85. The van der Waals surface area contributed by atoms with Gasteiger partial charge in [-0.2, -0.15) is 0 Å². The molecule has 0 aliphatic heterocycles. The lowest BCUT2D eigenvalue weighted by molar-refractivity contribution is 0.0230. The largest absolute Gasteiger partial charge is 0.491 e. The Bertz CT molecular complexity index is 1310. The molecule has 1 aliphatic rings. The van der Waals surface area contributed by atoms with Crippen LogP contribution in [0.15, 0.2) is 67.3 Å². The minimum Gasteiger partial charge on any atom is -0.491 e. The molecule has 7 heteroatoms. The topological polar surface area (TPSA) is 44.8 Å². The zero-order valence-electron chi connectivity index (χ0n) is 23.5. The summed E-state index contributed by atoms with van der Waals surface area (Å²) in [4.78, 5) is 12.6.